The molecule has 5 nitrogen and oxygen atoms in total. The highest BCUT2D eigenvalue weighted by atomic mass is 35.5. The summed E-state index contributed by atoms with van der Waals surface area (Å²) >= 11 is 9.06. The van der Waals surface area contributed by atoms with Gasteiger partial charge in [0.15, 0.2) is 16.6 Å². The second-order valence-corrected chi connectivity index (χ2v) is 9.63. The van der Waals surface area contributed by atoms with E-state index in [1.165, 1.54) is 28.6 Å². The van der Waals surface area contributed by atoms with Crippen molar-refractivity contribution in [3.63, 3.8) is 0 Å². The molecule has 3 heterocycles. The highest BCUT2D eigenvalue weighted by Gasteiger charge is 2.24. The first-order chi connectivity index (χ1) is 13.6. The number of aromatic nitrogens is 4. The van der Waals surface area contributed by atoms with Gasteiger partial charge < -0.3 is 0 Å². The van der Waals surface area contributed by atoms with Crippen LogP contribution in [0.5, 0.6) is 0 Å². The molecule has 0 bridgehead atoms. The van der Waals surface area contributed by atoms with E-state index in [1.54, 1.807) is 41.9 Å². The summed E-state index contributed by atoms with van der Waals surface area (Å²) in [6, 6.07) is 6.95. The number of thiophene rings is 1. The van der Waals surface area contributed by atoms with Crippen LogP contribution in [0.25, 0.3) is 15.9 Å². The second-order valence-electron chi connectivity index (χ2n) is 7.17. The van der Waals surface area contributed by atoms with Crippen LogP contribution in [-0.2, 0) is 12.8 Å². The van der Waals surface area contributed by atoms with Gasteiger partial charge in [-0.05, 0) is 55.0 Å². The van der Waals surface area contributed by atoms with Crippen LogP contribution >= 0.6 is 34.7 Å². The Hall–Kier alpha value is -1.96. The summed E-state index contributed by atoms with van der Waals surface area (Å²) in [6.07, 6.45) is 5.17. The molecule has 3 aromatic heterocycles. The normalized spacial score (nSPS) is 16.6. The SMILES string of the molecule is CC1CCc2c(sc3ncn4c(SCC(=O)c5ccc(Cl)cc5)nnc4c23)C1. The average Bonchev–Trinajstić information content (AvgIpc) is 3.26. The minimum atomic E-state index is 0.0364. The fourth-order valence-electron chi connectivity index (χ4n) is 3.67. The Bertz CT molecular complexity index is 1200. The first-order valence-electron chi connectivity index (χ1n) is 9.15. The predicted molar refractivity (Wildman–Crippen MR) is 114 cm³/mol. The molecular formula is C20H17ClN4OS2. The van der Waals surface area contributed by atoms with Crippen LogP contribution in [0.3, 0.4) is 0 Å². The quantitative estimate of drug-likeness (QED) is 0.334. The molecule has 0 radical (unpaired) electrons. The van der Waals surface area contributed by atoms with Crippen molar-refractivity contribution in [2.24, 2.45) is 5.92 Å². The molecule has 0 amide bonds. The van der Waals surface area contributed by atoms with Gasteiger partial charge in [0.25, 0.3) is 0 Å². The zero-order valence-electron chi connectivity index (χ0n) is 15.2. The number of ketones is 1. The number of carbonyl (C=O) groups is 1. The number of nitrogens with zero attached hydrogens (tertiary/aromatic N) is 4. The van der Waals surface area contributed by atoms with Gasteiger partial charge in [0.2, 0.25) is 0 Å². The summed E-state index contributed by atoms with van der Waals surface area (Å²) in [6.45, 7) is 2.31. The Labute approximate surface area is 175 Å². The van der Waals surface area contributed by atoms with Gasteiger partial charge in [0.05, 0.1) is 11.1 Å². The highest BCUT2D eigenvalue weighted by molar-refractivity contribution is 7.99. The Morgan fingerprint density at radius 1 is 1.32 bits per heavy atom. The fourth-order valence-corrected chi connectivity index (χ4v) is 5.94. The van der Waals surface area contributed by atoms with Gasteiger partial charge in [-0.3, -0.25) is 9.20 Å². The number of hydrogen-bond acceptors (Lipinski definition) is 6. The maximum atomic E-state index is 12.4. The van der Waals surface area contributed by atoms with Crippen molar-refractivity contribution in [2.45, 2.75) is 31.3 Å². The lowest BCUT2D eigenvalue weighted by atomic mass is 9.89. The summed E-state index contributed by atoms with van der Waals surface area (Å²) in [7, 11) is 0. The summed E-state index contributed by atoms with van der Waals surface area (Å²) in [5, 5.41) is 11.2. The number of aryl methyl sites for hydroxylation is 1. The third kappa shape index (κ3) is 3.11. The molecule has 1 unspecified atom stereocenters. The van der Waals surface area contributed by atoms with Crippen LogP contribution in [0.2, 0.25) is 5.02 Å². The standard InChI is InChI=1S/C20H17ClN4OS2/c1-11-2-7-14-16(8-11)28-19-17(14)18-23-24-20(25(18)10-22-19)27-9-15(26)12-3-5-13(21)6-4-12/h3-6,10-11H,2,7-9H2,1H3. The first kappa shape index (κ1) is 18.1. The van der Waals surface area contributed by atoms with Gasteiger partial charge in [-0.2, -0.15) is 0 Å². The van der Waals surface area contributed by atoms with Crippen molar-refractivity contribution in [1.29, 1.82) is 0 Å². The van der Waals surface area contributed by atoms with E-state index in [-0.39, 0.29) is 5.78 Å². The van der Waals surface area contributed by atoms with Crippen molar-refractivity contribution in [1.82, 2.24) is 19.6 Å². The summed E-state index contributed by atoms with van der Waals surface area (Å²) in [4.78, 5) is 19.6. The number of halogens is 1. The molecule has 1 aliphatic carbocycles. The highest BCUT2D eigenvalue weighted by Crippen LogP contribution is 2.39. The molecule has 0 N–H and O–H groups in total. The first-order valence-corrected chi connectivity index (χ1v) is 11.3. The van der Waals surface area contributed by atoms with Crippen LogP contribution in [0.4, 0.5) is 0 Å². The molecule has 0 fully saturated rings. The van der Waals surface area contributed by atoms with Crippen molar-refractivity contribution in [3.05, 3.63) is 51.6 Å². The van der Waals surface area contributed by atoms with Gasteiger partial charge in [-0.15, -0.1) is 21.5 Å². The lowest BCUT2D eigenvalue weighted by molar-refractivity contribution is 0.102. The zero-order valence-corrected chi connectivity index (χ0v) is 17.6. The van der Waals surface area contributed by atoms with E-state index in [1.807, 2.05) is 4.40 Å². The summed E-state index contributed by atoms with van der Waals surface area (Å²) in [5.41, 5.74) is 2.88. The van der Waals surface area contributed by atoms with Crippen LogP contribution in [0.1, 0.15) is 34.1 Å². The predicted octanol–water partition coefficient (Wildman–Crippen LogP) is 5.09. The van der Waals surface area contributed by atoms with Gasteiger partial charge in [0, 0.05) is 15.5 Å². The molecular weight excluding hydrogens is 412 g/mol. The minimum absolute atomic E-state index is 0.0364. The van der Waals surface area contributed by atoms with E-state index in [0.717, 1.165) is 34.6 Å². The monoisotopic (exact) mass is 428 g/mol. The van der Waals surface area contributed by atoms with E-state index >= 15 is 0 Å². The van der Waals surface area contributed by atoms with Crippen LogP contribution in [0.15, 0.2) is 35.7 Å². The molecule has 28 heavy (non-hydrogen) atoms. The number of carbonyl (C=O) groups excluding carboxylic acids is 1. The van der Waals surface area contributed by atoms with Gasteiger partial charge in [-0.25, -0.2) is 4.98 Å². The van der Waals surface area contributed by atoms with E-state index < -0.39 is 0 Å². The lowest BCUT2D eigenvalue weighted by Crippen LogP contribution is -2.08. The van der Waals surface area contributed by atoms with Crippen LogP contribution < -0.4 is 0 Å². The number of Topliss-reactive ketones (excluding diaryl/α,β-unsaturated/α-hetero) is 1. The van der Waals surface area contributed by atoms with E-state index in [4.69, 9.17) is 11.6 Å². The molecule has 0 spiro atoms. The Morgan fingerprint density at radius 2 is 2.14 bits per heavy atom. The number of hydrogen-bond donors (Lipinski definition) is 0. The molecule has 4 aromatic rings. The maximum absolute atomic E-state index is 12.4. The Balaban J connectivity index is 1.45. The number of rotatable bonds is 4. The molecule has 0 saturated heterocycles. The van der Waals surface area contributed by atoms with Crippen LogP contribution in [0, 0.1) is 5.92 Å². The molecule has 1 aromatic carbocycles. The van der Waals surface area contributed by atoms with Gasteiger partial charge in [0.1, 0.15) is 11.2 Å². The zero-order chi connectivity index (χ0) is 19.3. The fraction of sp³-hybridized carbons (Fsp3) is 0.300. The Kier molecular flexibility index (Phi) is 4.61. The molecule has 0 aliphatic heterocycles. The van der Waals surface area contributed by atoms with Gasteiger partial charge in [-0.1, -0.05) is 30.3 Å². The third-order valence-electron chi connectivity index (χ3n) is 5.17. The Morgan fingerprint density at radius 3 is 2.96 bits per heavy atom. The molecule has 8 heteroatoms. The average molecular weight is 429 g/mol. The molecule has 1 aliphatic rings. The topological polar surface area (TPSA) is 60.2 Å². The van der Waals surface area contributed by atoms with Crippen LogP contribution in [-0.4, -0.2) is 31.1 Å². The maximum Gasteiger partial charge on any atom is 0.197 e. The molecule has 5 rings (SSSR count). The number of benzene rings is 1. The van der Waals surface area contributed by atoms with E-state index in [0.29, 0.717) is 21.5 Å². The van der Waals surface area contributed by atoms with Crippen molar-refractivity contribution in [3.8, 4) is 0 Å². The third-order valence-corrected chi connectivity index (χ3v) is 7.53. The smallest absolute Gasteiger partial charge is 0.197 e. The summed E-state index contributed by atoms with van der Waals surface area (Å²) in [5.74, 6) is 1.05. The van der Waals surface area contributed by atoms with Crippen molar-refractivity contribution >= 4 is 56.3 Å². The minimum Gasteiger partial charge on any atom is -0.293 e. The van der Waals surface area contributed by atoms with Gasteiger partial charge >= 0.3 is 0 Å². The molecule has 0 saturated carbocycles. The van der Waals surface area contributed by atoms with Crippen molar-refractivity contribution < 1.29 is 4.79 Å². The molecule has 142 valence electrons. The van der Waals surface area contributed by atoms with E-state index in [9.17, 15) is 4.79 Å². The second kappa shape index (κ2) is 7.13. The lowest BCUT2D eigenvalue weighted by Gasteiger charge is -2.17. The van der Waals surface area contributed by atoms with Crippen molar-refractivity contribution in [2.75, 3.05) is 5.75 Å². The number of fused-ring (bicyclic) bond motifs is 5. The number of thioether (sulfide) groups is 1. The largest absolute Gasteiger partial charge is 0.293 e. The van der Waals surface area contributed by atoms with E-state index in [2.05, 4.69) is 22.1 Å². The molecule has 1 atom stereocenters. The summed E-state index contributed by atoms with van der Waals surface area (Å²) < 4.78 is 1.91.